The van der Waals surface area contributed by atoms with Gasteiger partial charge >= 0.3 is 5.97 Å². The number of rotatable bonds is 3. The normalized spacial score (nSPS) is 29.5. The Morgan fingerprint density at radius 3 is 2.42 bits per heavy atom. The van der Waals surface area contributed by atoms with Gasteiger partial charge in [-0.05, 0) is 31.6 Å². The summed E-state index contributed by atoms with van der Waals surface area (Å²) in [6.07, 6.45) is 6.43. The molecule has 102 valence electrons. The van der Waals surface area contributed by atoms with Crippen molar-refractivity contribution >= 4 is 11.9 Å². The first-order valence-electron chi connectivity index (χ1n) is 6.61. The molecule has 2 saturated heterocycles. The molecule has 6 heteroatoms. The lowest BCUT2D eigenvalue weighted by atomic mass is 9.88. The highest BCUT2D eigenvalue weighted by Crippen LogP contribution is 2.41. The molecule has 2 aliphatic heterocycles. The Balaban J connectivity index is 1.76. The van der Waals surface area contributed by atoms with Crippen LogP contribution in [0.15, 0.2) is 12.4 Å². The van der Waals surface area contributed by atoms with Crippen LogP contribution in [-0.4, -0.2) is 33.1 Å². The lowest BCUT2D eigenvalue weighted by Crippen LogP contribution is -2.44. The van der Waals surface area contributed by atoms with E-state index in [2.05, 4.69) is 14.9 Å². The van der Waals surface area contributed by atoms with Crippen LogP contribution in [0, 0.1) is 11.7 Å². The van der Waals surface area contributed by atoms with E-state index in [0.29, 0.717) is 18.0 Å². The number of fused-ring (bicyclic) bond motifs is 2. The number of nitrogens with zero attached hydrogens (tertiary/aromatic N) is 3. The SMILES string of the molecule is O=C(O)CC1CC2CCC(C1)N2c1ncc(F)cn1. The quantitative estimate of drug-likeness (QED) is 0.903. The number of halogens is 1. The maximum absolute atomic E-state index is 12.9. The highest BCUT2D eigenvalue weighted by Gasteiger charge is 2.42. The molecule has 0 amide bonds. The Hall–Kier alpha value is -1.72. The third-order valence-electron chi connectivity index (χ3n) is 4.13. The first-order valence-corrected chi connectivity index (χ1v) is 6.61. The largest absolute Gasteiger partial charge is 0.481 e. The molecule has 1 aromatic heterocycles. The van der Waals surface area contributed by atoms with Crippen LogP contribution in [0.5, 0.6) is 0 Å². The maximum Gasteiger partial charge on any atom is 0.303 e. The summed E-state index contributed by atoms with van der Waals surface area (Å²) in [5, 5.41) is 8.89. The number of carboxylic acids is 1. The minimum atomic E-state index is -0.726. The fourth-order valence-electron chi connectivity index (χ4n) is 3.47. The average molecular weight is 265 g/mol. The number of hydrogen-bond acceptors (Lipinski definition) is 4. The van der Waals surface area contributed by atoms with Crippen LogP contribution in [0.2, 0.25) is 0 Å². The molecule has 19 heavy (non-hydrogen) atoms. The van der Waals surface area contributed by atoms with Gasteiger partial charge in [0.05, 0.1) is 12.4 Å². The molecule has 2 bridgehead atoms. The number of anilines is 1. The fourth-order valence-corrected chi connectivity index (χ4v) is 3.47. The van der Waals surface area contributed by atoms with Crippen molar-refractivity contribution < 1.29 is 14.3 Å². The van der Waals surface area contributed by atoms with Crippen molar-refractivity contribution in [3.63, 3.8) is 0 Å². The van der Waals surface area contributed by atoms with Crippen molar-refractivity contribution in [2.24, 2.45) is 5.92 Å². The second kappa shape index (κ2) is 4.75. The molecular weight excluding hydrogens is 249 g/mol. The van der Waals surface area contributed by atoms with E-state index in [9.17, 15) is 9.18 Å². The van der Waals surface area contributed by atoms with E-state index in [-0.39, 0.29) is 12.3 Å². The van der Waals surface area contributed by atoms with E-state index < -0.39 is 11.8 Å². The number of piperidine rings is 1. The molecule has 3 heterocycles. The van der Waals surface area contributed by atoms with Crippen LogP contribution < -0.4 is 4.90 Å². The molecule has 3 rings (SSSR count). The third-order valence-corrected chi connectivity index (χ3v) is 4.13. The Labute approximate surface area is 110 Å². The molecule has 5 nitrogen and oxygen atoms in total. The standard InChI is InChI=1S/C13H16FN3O2/c14-9-6-15-13(16-7-9)17-10-1-2-11(17)4-8(3-10)5-12(18)19/h6-8,10-11H,1-5H2,(H,18,19). The van der Waals surface area contributed by atoms with Gasteiger partial charge in [0.15, 0.2) is 5.82 Å². The van der Waals surface area contributed by atoms with Gasteiger partial charge in [-0.1, -0.05) is 0 Å². The average Bonchev–Trinajstić information content (AvgIpc) is 2.62. The van der Waals surface area contributed by atoms with Crippen molar-refractivity contribution in [3.8, 4) is 0 Å². The van der Waals surface area contributed by atoms with Gasteiger partial charge < -0.3 is 10.0 Å². The first-order chi connectivity index (χ1) is 9.13. The Bertz CT molecular complexity index is 465. The summed E-state index contributed by atoms with van der Waals surface area (Å²) >= 11 is 0. The van der Waals surface area contributed by atoms with Gasteiger partial charge in [-0.2, -0.15) is 0 Å². The Kier molecular flexibility index (Phi) is 3.08. The molecule has 2 atom stereocenters. The monoisotopic (exact) mass is 265 g/mol. The number of carboxylic acid groups (broad SMARTS) is 1. The van der Waals surface area contributed by atoms with Gasteiger partial charge in [-0.15, -0.1) is 0 Å². The summed E-state index contributed by atoms with van der Waals surface area (Å²) in [5.74, 6) is -0.345. The van der Waals surface area contributed by atoms with Crippen LogP contribution in [0.3, 0.4) is 0 Å². The van der Waals surface area contributed by atoms with Crippen molar-refractivity contribution in [2.75, 3.05) is 4.90 Å². The van der Waals surface area contributed by atoms with Gasteiger partial charge in [-0.3, -0.25) is 4.79 Å². The number of hydrogen-bond donors (Lipinski definition) is 1. The van der Waals surface area contributed by atoms with E-state index >= 15 is 0 Å². The van der Waals surface area contributed by atoms with Crippen molar-refractivity contribution in [1.29, 1.82) is 0 Å². The zero-order valence-electron chi connectivity index (χ0n) is 10.5. The molecular formula is C13H16FN3O2. The van der Waals surface area contributed by atoms with Crippen molar-refractivity contribution in [1.82, 2.24) is 9.97 Å². The zero-order valence-corrected chi connectivity index (χ0v) is 10.5. The van der Waals surface area contributed by atoms with Crippen LogP contribution in [0.1, 0.15) is 32.1 Å². The Morgan fingerprint density at radius 2 is 1.89 bits per heavy atom. The van der Waals surface area contributed by atoms with Crippen LogP contribution in [0.25, 0.3) is 0 Å². The summed E-state index contributed by atoms with van der Waals surface area (Å²) in [5.41, 5.74) is 0. The lowest BCUT2D eigenvalue weighted by Gasteiger charge is -2.38. The topological polar surface area (TPSA) is 66.3 Å². The molecule has 1 N–H and O–H groups in total. The molecule has 0 saturated carbocycles. The smallest absolute Gasteiger partial charge is 0.303 e. The minimum Gasteiger partial charge on any atom is -0.481 e. The predicted molar refractivity (Wildman–Crippen MR) is 66.3 cm³/mol. The summed E-state index contributed by atoms with van der Waals surface area (Å²) < 4.78 is 12.9. The Morgan fingerprint density at radius 1 is 1.32 bits per heavy atom. The number of carbonyl (C=O) groups is 1. The lowest BCUT2D eigenvalue weighted by molar-refractivity contribution is -0.138. The van der Waals surface area contributed by atoms with Crippen LogP contribution in [0.4, 0.5) is 10.3 Å². The zero-order chi connectivity index (χ0) is 13.4. The van der Waals surface area contributed by atoms with E-state index in [1.165, 1.54) is 12.4 Å². The number of aromatic nitrogens is 2. The summed E-state index contributed by atoms with van der Waals surface area (Å²) in [6.45, 7) is 0. The molecule has 2 fully saturated rings. The highest BCUT2D eigenvalue weighted by atomic mass is 19.1. The van der Waals surface area contributed by atoms with E-state index in [0.717, 1.165) is 25.7 Å². The summed E-state index contributed by atoms with van der Waals surface area (Å²) in [6, 6.07) is 0.599. The van der Waals surface area contributed by atoms with Gasteiger partial charge in [-0.25, -0.2) is 14.4 Å². The third kappa shape index (κ3) is 2.39. The van der Waals surface area contributed by atoms with E-state index in [1.54, 1.807) is 0 Å². The molecule has 0 radical (unpaired) electrons. The maximum atomic E-state index is 12.9. The second-order valence-corrected chi connectivity index (χ2v) is 5.43. The van der Waals surface area contributed by atoms with Gasteiger partial charge in [0, 0.05) is 18.5 Å². The van der Waals surface area contributed by atoms with Gasteiger partial charge in [0.2, 0.25) is 5.95 Å². The molecule has 0 aromatic carbocycles. The fraction of sp³-hybridized carbons (Fsp3) is 0.615. The van der Waals surface area contributed by atoms with Crippen molar-refractivity contribution in [2.45, 2.75) is 44.2 Å². The van der Waals surface area contributed by atoms with Crippen LogP contribution in [-0.2, 0) is 4.79 Å². The molecule has 2 aliphatic rings. The molecule has 0 spiro atoms. The first kappa shape index (κ1) is 12.3. The summed E-state index contributed by atoms with van der Waals surface area (Å²) in [4.78, 5) is 21.1. The van der Waals surface area contributed by atoms with E-state index in [4.69, 9.17) is 5.11 Å². The van der Waals surface area contributed by atoms with Crippen LogP contribution >= 0.6 is 0 Å². The minimum absolute atomic E-state index is 0.241. The second-order valence-electron chi connectivity index (χ2n) is 5.43. The number of aliphatic carboxylic acids is 1. The molecule has 0 aliphatic carbocycles. The van der Waals surface area contributed by atoms with Gasteiger partial charge in [0.25, 0.3) is 0 Å². The molecule has 1 aromatic rings. The predicted octanol–water partition coefficient (Wildman–Crippen LogP) is 1.84. The van der Waals surface area contributed by atoms with Crippen molar-refractivity contribution in [3.05, 3.63) is 18.2 Å². The summed E-state index contributed by atoms with van der Waals surface area (Å²) in [7, 11) is 0. The van der Waals surface area contributed by atoms with Gasteiger partial charge in [0.1, 0.15) is 0 Å². The highest BCUT2D eigenvalue weighted by molar-refractivity contribution is 5.67. The molecule has 2 unspecified atom stereocenters. The van der Waals surface area contributed by atoms with E-state index in [1.807, 2.05) is 0 Å².